The summed E-state index contributed by atoms with van der Waals surface area (Å²) >= 11 is 0. The predicted octanol–water partition coefficient (Wildman–Crippen LogP) is 1.77. The van der Waals surface area contributed by atoms with E-state index in [1.54, 1.807) is 31.2 Å². The third kappa shape index (κ3) is 5.76. The van der Waals surface area contributed by atoms with Crippen LogP contribution in [0, 0.1) is 0 Å². The molecule has 0 bridgehead atoms. The maximum atomic E-state index is 11.5. The summed E-state index contributed by atoms with van der Waals surface area (Å²) in [5, 5.41) is 4.98. The van der Waals surface area contributed by atoms with Crippen LogP contribution < -0.4 is 15.4 Å². The molecule has 0 spiro atoms. The van der Waals surface area contributed by atoms with Crippen molar-refractivity contribution in [2.75, 3.05) is 25.1 Å². The van der Waals surface area contributed by atoms with Crippen LogP contribution in [0.5, 0.6) is 5.75 Å². The van der Waals surface area contributed by atoms with Gasteiger partial charge in [0.1, 0.15) is 12.3 Å². The van der Waals surface area contributed by atoms with Crippen molar-refractivity contribution in [3.8, 4) is 5.75 Å². The van der Waals surface area contributed by atoms with Gasteiger partial charge in [0.25, 0.3) is 0 Å². The quantitative estimate of drug-likeness (QED) is 0.822. The molecule has 2 N–H and O–H groups in total. The zero-order valence-corrected chi connectivity index (χ0v) is 11.1. The molecule has 2 amide bonds. The molecule has 0 fully saturated rings. The summed E-state index contributed by atoms with van der Waals surface area (Å²) in [6.07, 6.45) is -0.607. The molecular formula is C13H18N2O4. The Hall–Kier alpha value is -2.24. The van der Waals surface area contributed by atoms with Crippen LogP contribution in [0.1, 0.15) is 13.8 Å². The molecule has 0 heterocycles. The van der Waals surface area contributed by atoms with E-state index in [1.165, 1.54) is 0 Å². The smallest absolute Gasteiger partial charge is 0.407 e. The van der Waals surface area contributed by atoms with Crippen molar-refractivity contribution in [1.82, 2.24) is 5.32 Å². The first-order valence-electron chi connectivity index (χ1n) is 6.09. The molecule has 0 saturated carbocycles. The van der Waals surface area contributed by atoms with Crippen molar-refractivity contribution in [1.29, 1.82) is 0 Å². The fourth-order valence-electron chi connectivity index (χ4n) is 1.34. The van der Waals surface area contributed by atoms with Gasteiger partial charge in [-0.25, -0.2) is 4.79 Å². The highest BCUT2D eigenvalue weighted by atomic mass is 16.5. The maximum Gasteiger partial charge on any atom is 0.407 e. The Morgan fingerprint density at radius 1 is 1.11 bits per heavy atom. The van der Waals surface area contributed by atoms with Crippen LogP contribution in [-0.4, -0.2) is 31.8 Å². The lowest BCUT2D eigenvalue weighted by Crippen LogP contribution is -2.33. The summed E-state index contributed by atoms with van der Waals surface area (Å²) in [5.74, 6) is 0.419. The van der Waals surface area contributed by atoms with Crippen molar-refractivity contribution in [2.24, 2.45) is 0 Å². The number of carbonyl (C=O) groups is 2. The standard InChI is InChI=1S/C13H18N2O4/c1-3-18-11-7-5-10(6-8-11)15-12(16)9-14-13(17)19-4-2/h5-8H,3-4,9H2,1-2H3,(H,14,17)(H,15,16). The summed E-state index contributed by atoms with van der Waals surface area (Å²) in [4.78, 5) is 22.5. The fraction of sp³-hybridized carbons (Fsp3) is 0.385. The third-order valence-corrected chi connectivity index (χ3v) is 2.12. The molecule has 0 aliphatic rings. The molecule has 19 heavy (non-hydrogen) atoms. The minimum atomic E-state index is -0.607. The molecule has 6 heteroatoms. The fourth-order valence-corrected chi connectivity index (χ4v) is 1.34. The molecule has 0 radical (unpaired) electrons. The Kier molecular flexibility index (Phi) is 6.21. The molecule has 1 rings (SSSR count). The van der Waals surface area contributed by atoms with Crippen molar-refractivity contribution in [3.05, 3.63) is 24.3 Å². The summed E-state index contributed by atoms with van der Waals surface area (Å²) in [6.45, 7) is 4.32. The highest BCUT2D eigenvalue weighted by molar-refractivity contribution is 5.93. The maximum absolute atomic E-state index is 11.5. The molecule has 0 atom stereocenters. The molecule has 0 aliphatic heterocycles. The van der Waals surface area contributed by atoms with Gasteiger partial charge in [-0.3, -0.25) is 4.79 Å². The topological polar surface area (TPSA) is 76.7 Å². The summed E-state index contributed by atoms with van der Waals surface area (Å²) in [7, 11) is 0. The normalized spacial score (nSPS) is 9.58. The van der Waals surface area contributed by atoms with E-state index in [0.29, 0.717) is 12.3 Å². The first kappa shape index (κ1) is 14.8. The van der Waals surface area contributed by atoms with Gasteiger partial charge >= 0.3 is 6.09 Å². The molecule has 104 valence electrons. The Balaban J connectivity index is 2.37. The van der Waals surface area contributed by atoms with Crippen molar-refractivity contribution in [3.63, 3.8) is 0 Å². The van der Waals surface area contributed by atoms with Crippen molar-refractivity contribution >= 4 is 17.7 Å². The molecule has 0 unspecified atom stereocenters. The van der Waals surface area contributed by atoms with Crippen LogP contribution in [0.25, 0.3) is 0 Å². The summed E-state index contributed by atoms with van der Waals surface area (Å²) < 4.78 is 9.92. The number of hydrogen-bond acceptors (Lipinski definition) is 4. The minimum Gasteiger partial charge on any atom is -0.494 e. The SMILES string of the molecule is CCOC(=O)NCC(=O)Nc1ccc(OCC)cc1. The highest BCUT2D eigenvalue weighted by Gasteiger charge is 2.05. The van der Waals surface area contributed by atoms with Gasteiger partial charge in [0.05, 0.1) is 13.2 Å². The number of alkyl carbamates (subject to hydrolysis) is 1. The third-order valence-electron chi connectivity index (χ3n) is 2.12. The van der Waals surface area contributed by atoms with E-state index in [-0.39, 0.29) is 19.1 Å². The number of benzene rings is 1. The van der Waals surface area contributed by atoms with E-state index in [0.717, 1.165) is 5.75 Å². The number of rotatable bonds is 6. The number of anilines is 1. The van der Waals surface area contributed by atoms with Crippen LogP contribution in [-0.2, 0) is 9.53 Å². The van der Waals surface area contributed by atoms with Crippen LogP contribution in [0.15, 0.2) is 24.3 Å². The number of carbonyl (C=O) groups excluding carboxylic acids is 2. The Labute approximate surface area is 112 Å². The second kappa shape index (κ2) is 7.97. The number of amides is 2. The van der Waals surface area contributed by atoms with Gasteiger partial charge in [0.2, 0.25) is 5.91 Å². The molecule has 1 aromatic carbocycles. The number of hydrogen-bond donors (Lipinski definition) is 2. The predicted molar refractivity (Wildman–Crippen MR) is 71.3 cm³/mol. The molecule has 1 aromatic rings. The van der Waals surface area contributed by atoms with Crippen LogP contribution in [0.3, 0.4) is 0 Å². The average molecular weight is 266 g/mol. The number of ether oxygens (including phenoxy) is 2. The second-order valence-corrected chi connectivity index (χ2v) is 3.58. The van der Waals surface area contributed by atoms with E-state index in [9.17, 15) is 9.59 Å². The van der Waals surface area contributed by atoms with Crippen molar-refractivity contribution in [2.45, 2.75) is 13.8 Å². The van der Waals surface area contributed by atoms with Crippen LogP contribution >= 0.6 is 0 Å². The summed E-state index contributed by atoms with van der Waals surface area (Å²) in [6, 6.07) is 6.98. The zero-order valence-electron chi connectivity index (χ0n) is 11.1. The van der Waals surface area contributed by atoms with E-state index >= 15 is 0 Å². The molecule has 6 nitrogen and oxygen atoms in total. The highest BCUT2D eigenvalue weighted by Crippen LogP contribution is 2.15. The summed E-state index contributed by atoms with van der Waals surface area (Å²) in [5.41, 5.74) is 0.638. The zero-order chi connectivity index (χ0) is 14.1. The average Bonchev–Trinajstić information content (AvgIpc) is 2.39. The van der Waals surface area contributed by atoms with Gasteiger partial charge in [-0.05, 0) is 38.1 Å². The Morgan fingerprint density at radius 2 is 1.79 bits per heavy atom. The van der Waals surface area contributed by atoms with Gasteiger partial charge in [-0.2, -0.15) is 0 Å². The van der Waals surface area contributed by atoms with Gasteiger partial charge in [-0.15, -0.1) is 0 Å². The van der Waals surface area contributed by atoms with E-state index in [2.05, 4.69) is 15.4 Å². The minimum absolute atomic E-state index is 0.133. The lowest BCUT2D eigenvalue weighted by molar-refractivity contribution is -0.115. The van der Waals surface area contributed by atoms with Gasteiger partial charge in [0.15, 0.2) is 0 Å². The molecule has 0 saturated heterocycles. The first-order chi connectivity index (χ1) is 9.15. The second-order valence-electron chi connectivity index (χ2n) is 3.58. The Morgan fingerprint density at radius 3 is 2.37 bits per heavy atom. The van der Waals surface area contributed by atoms with Crippen LogP contribution in [0.2, 0.25) is 0 Å². The lowest BCUT2D eigenvalue weighted by Gasteiger charge is -2.08. The lowest BCUT2D eigenvalue weighted by atomic mass is 10.3. The monoisotopic (exact) mass is 266 g/mol. The largest absolute Gasteiger partial charge is 0.494 e. The molecule has 0 aliphatic carbocycles. The number of nitrogens with one attached hydrogen (secondary N) is 2. The van der Waals surface area contributed by atoms with Crippen molar-refractivity contribution < 1.29 is 19.1 Å². The van der Waals surface area contributed by atoms with E-state index in [1.807, 2.05) is 6.92 Å². The van der Waals surface area contributed by atoms with Crippen LogP contribution in [0.4, 0.5) is 10.5 Å². The van der Waals surface area contributed by atoms with E-state index in [4.69, 9.17) is 4.74 Å². The van der Waals surface area contributed by atoms with E-state index < -0.39 is 6.09 Å². The van der Waals surface area contributed by atoms with Gasteiger partial charge < -0.3 is 20.1 Å². The molecule has 0 aromatic heterocycles. The molecular weight excluding hydrogens is 248 g/mol. The first-order valence-corrected chi connectivity index (χ1v) is 6.09. The van der Waals surface area contributed by atoms with Gasteiger partial charge in [0, 0.05) is 5.69 Å². The van der Waals surface area contributed by atoms with Gasteiger partial charge in [-0.1, -0.05) is 0 Å². The Bertz CT molecular complexity index is 417.